The fourth-order valence-corrected chi connectivity index (χ4v) is 2.30. The molecular formula is C13H18N2O2. The number of aromatic carboxylic acids is 1. The van der Waals surface area contributed by atoms with Gasteiger partial charge in [-0.1, -0.05) is 12.8 Å². The molecule has 1 unspecified atom stereocenters. The predicted octanol–water partition coefficient (Wildman–Crippen LogP) is 2.55. The smallest absolute Gasteiger partial charge is 0.337 e. The lowest BCUT2D eigenvalue weighted by atomic mass is 10.1. The standard InChI is InChI=1S/C13H18N2O2/c1-10-5-3-2-4-8-15(10)12-7-6-11(9-14-12)13(16)17/h6-7,9-10H,2-5,8H2,1H3,(H,16,17). The number of anilines is 1. The summed E-state index contributed by atoms with van der Waals surface area (Å²) >= 11 is 0. The number of hydrogen-bond donors (Lipinski definition) is 1. The number of hydrogen-bond acceptors (Lipinski definition) is 3. The zero-order valence-corrected chi connectivity index (χ0v) is 10.1. The summed E-state index contributed by atoms with van der Waals surface area (Å²) in [6.07, 6.45) is 6.35. The molecule has 0 saturated carbocycles. The predicted molar refractivity (Wildman–Crippen MR) is 66.5 cm³/mol. The van der Waals surface area contributed by atoms with Crippen LogP contribution in [-0.4, -0.2) is 28.6 Å². The molecule has 92 valence electrons. The maximum absolute atomic E-state index is 10.8. The zero-order chi connectivity index (χ0) is 12.3. The van der Waals surface area contributed by atoms with E-state index in [1.807, 2.05) is 6.07 Å². The highest BCUT2D eigenvalue weighted by Crippen LogP contribution is 2.22. The van der Waals surface area contributed by atoms with E-state index in [9.17, 15) is 4.79 Å². The van der Waals surface area contributed by atoms with Crippen molar-refractivity contribution in [1.82, 2.24) is 4.98 Å². The van der Waals surface area contributed by atoms with Crippen molar-refractivity contribution >= 4 is 11.8 Å². The first kappa shape index (κ1) is 11.9. The van der Waals surface area contributed by atoms with Crippen LogP contribution in [0.2, 0.25) is 0 Å². The zero-order valence-electron chi connectivity index (χ0n) is 10.1. The molecule has 2 rings (SSSR count). The van der Waals surface area contributed by atoms with E-state index in [0.717, 1.165) is 12.4 Å². The van der Waals surface area contributed by atoms with Gasteiger partial charge < -0.3 is 10.0 Å². The van der Waals surface area contributed by atoms with Gasteiger partial charge in [0.25, 0.3) is 0 Å². The number of carboxylic acids is 1. The number of rotatable bonds is 2. The minimum absolute atomic E-state index is 0.247. The van der Waals surface area contributed by atoms with Crippen molar-refractivity contribution in [3.63, 3.8) is 0 Å². The topological polar surface area (TPSA) is 53.4 Å². The van der Waals surface area contributed by atoms with Crippen molar-refractivity contribution in [3.05, 3.63) is 23.9 Å². The molecule has 1 aromatic heterocycles. The van der Waals surface area contributed by atoms with E-state index < -0.39 is 5.97 Å². The van der Waals surface area contributed by atoms with E-state index in [-0.39, 0.29) is 5.56 Å². The van der Waals surface area contributed by atoms with Crippen LogP contribution in [-0.2, 0) is 0 Å². The van der Waals surface area contributed by atoms with E-state index in [4.69, 9.17) is 5.11 Å². The third kappa shape index (κ3) is 2.75. The summed E-state index contributed by atoms with van der Waals surface area (Å²) in [7, 11) is 0. The van der Waals surface area contributed by atoms with Crippen LogP contribution in [0, 0.1) is 0 Å². The largest absolute Gasteiger partial charge is 0.478 e. The van der Waals surface area contributed by atoms with Crippen LogP contribution >= 0.6 is 0 Å². The van der Waals surface area contributed by atoms with E-state index in [2.05, 4.69) is 16.8 Å². The van der Waals surface area contributed by atoms with Gasteiger partial charge in [0, 0.05) is 18.8 Å². The third-order valence-electron chi connectivity index (χ3n) is 3.34. The molecular weight excluding hydrogens is 216 g/mol. The highest BCUT2D eigenvalue weighted by Gasteiger charge is 2.18. The second kappa shape index (κ2) is 5.17. The Balaban J connectivity index is 2.17. The lowest BCUT2D eigenvalue weighted by molar-refractivity contribution is 0.0696. The molecule has 1 aliphatic heterocycles. The average molecular weight is 234 g/mol. The third-order valence-corrected chi connectivity index (χ3v) is 3.34. The number of aromatic nitrogens is 1. The Kier molecular flexibility index (Phi) is 3.61. The van der Waals surface area contributed by atoms with Gasteiger partial charge in [-0.05, 0) is 31.9 Å². The first-order valence-corrected chi connectivity index (χ1v) is 6.14. The van der Waals surface area contributed by atoms with Gasteiger partial charge in [-0.25, -0.2) is 9.78 Å². The summed E-state index contributed by atoms with van der Waals surface area (Å²) in [4.78, 5) is 17.3. The molecule has 0 radical (unpaired) electrons. The highest BCUT2D eigenvalue weighted by molar-refractivity contribution is 5.87. The molecule has 4 heteroatoms. The number of carboxylic acid groups (broad SMARTS) is 1. The second-order valence-electron chi connectivity index (χ2n) is 4.60. The fourth-order valence-electron chi connectivity index (χ4n) is 2.30. The number of nitrogens with zero attached hydrogens (tertiary/aromatic N) is 2. The van der Waals surface area contributed by atoms with Gasteiger partial charge in [0.05, 0.1) is 5.56 Å². The van der Waals surface area contributed by atoms with Crippen molar-refractivity contribution in [3.8, 4) is 0 Å². The summed E-state index contributed by atoms with van der Waals surface area (Å²) < 4.78 is 0. The Morgan fingerprint density at radius 1 is 1.41 bits per heavy atom. The minimum Gasteiger partial charge on any atom is -0.478 e. The Hall–Kier alpha value is -1.58. The molecule has 1 N–H and O–H groups in total. The summed E-state index contributed by atoms with van der Waals surface area (Å²) in [6, 6.07) is 3.92. The molecule has 2 heterocycles. The van der Waals surface area contributed by atoms with Crippen LogP contribution in [0.15, 0.2) is 18.3 Å². The highest BCUT2D eigenvalue weighted by atomic mass is 16.4. The molecule has 1 saturated heterocycles. The Labute approximate surface area is 101 Å². The monoisotopic (exact) mass is 234 g/mol. The normalized spacial score (nSPS) is 21.0. The molecule has 0 spiro atoms. The van der Waals surface area contributed by atoms with Gasteiger partial charge in [0.15, 0.2) is 0 Å². The number of pyridine rings is 1. The molecule has 4 nitrogen and oxygen atoms in total. The van der Waals surface area contributed by atoms with Gasteiger partial charge in [0.1, 0.15) is 5.82 Å². The van der Waals surface area contributed by atoms with Gasteiger partial charge in [-0.2, -0.15) is 0 Å². The van der Waals surface area contributed by atoms with Crippen LogP contribution < -0.4 is 4.90 Å². The molecule has 0 bridgehead atoms. The van der Waals surface area contributed by atoms with E-state index in [0.29, 0.717) is 6.04 Å². The van der Waals surface area contributed by atoms with Gasteiger partial charge in [0.2, 0.25) is 0 Å². The van der Waals surface area contributed by atoms with Crippen LogP contribution in [0.25, 0.3) is 0 Å². The molecule has 0 amide bonds. The molecule has 1 atom stereocenters. The van der Waals surface area contributed by atoms with Gasteiger partial charge >= 0.3 is 5.97 Å². The minimum atomic E-state index is -0.923. The van der Waals surface area contributed by atoms with Crippen LogP contribution in [0.5, 0.6) is 0 Å². The van der Waals surface area contributed by atoms with E-state index in [1.165, 1.54) is 31.9 Å². The Bertz CT molecular complexity index is 389. The first-order chi connectivity index (χ1) is 8.18. The van der Waals surface area contributed by atoms with Crippen LogP contribution in [0.4, 0.5) is 5.82 Å². The van der Waals surface area contributed by atoms with Crippen LogP contribution in [0.1, 0.15) is 43.0 Å². The van der Waals surface area contributed by atoms with Crippen molar-refractivity contribution < 1.29 is 9.90 Å². The summed E-state index contributed by atoms with van der Waals surface area (Å²) in [5.41, 5.74) is 0.247. The maximum atomic E-state index is 10.8. The first-order valence-electron chi connectivity index (χ1n) is 6.14. The Morgan fingerprint density at radius 3 is 2.88 bits per heavy atom. The lowest BCUT2D eigenvalue weighted by Gasteiger charge is -2.28. The van der Waals surface area contributed by atoms with Gasteiger partial charge in [-0.15, -0.1) is 0 Å². The van der Waals surface area contributed by atoms with Crippen molar-refractivity contribution in [2.24, 2.45) is 0 Å². The summed E-state index contributed by atoms with van der Waals surface area (Å²) in [6.45, 7) is 3.22. The SMILES string of the molecule is CC1CCCCCN1c1ccc(C(=O)O)cn1. The lowest BCUT2D eigenvalue weighted by Crippen LogP contribution is -2.33. The summed E-state index contributed by atoms with van der Waals surface area (Å²) in [5.74, 6) is -0.0302. The number of carbonyl (C=O) groups is 1. The molecule has 1 aromatic rings. The van der Waals surface area contributed by atoms with Crippen molar-refractivity contribution in [2.45, 2.75) is 38.6 Å². The average Bonchev–Trinajstić information content (AvgIpc) is 2.54. The molecule has 17 heavy (non-hydrogen) atoms. The van der Waals surface area contributed by atoms with E-state index >= 15 is 0 Å². The molecule has 0 aromatic carbocycles. The summed E-state index contributed by atoms with van der Waals surface area (Å²) in [5, 5.41) is 8.83. The maximum Gasteiger partial charge on any atom is 0.337 e. The van der Waals surface area contributed by atoms with Gasteiger partial charge in [-0.3, -0.25) is 0 Å². The Morgan fingerprint density at radius 2 is 2.24 bits per heavy atom. The van der Waals surface area contributed by atoms with Crippen LogP contribution in [0.3, 0.4) is 0 Å². The van der Waals surface area contributed by atoms with Crippen molar-refractivity contribution in [2.75, 3.05) is 11.4 Å². The molecule has 1 aliphatic rings. The van der Waals surface area contributed by atoms with E-state index in [1.54, 1.807) is 6.07 Å². The van der Waals surface area contributed by atoms with Crippen molar-refractivity contribution in [1.29, 1.82) is 0 Å². The molecule has 1 fully saturated rings. The second-order valence-corrected chi connectivity index (χ2v) is 4.60. The quantitative estimate of drug-likeness (QED) is 0.854. The molecule has 0 aliphatic carbocycles. The fraction of sp³-hybridized carbons (Fsp3) is 0.538.